The molecule has 0 spiro atoms. The number of hydrogen-bond donors (Lipinski definition) is 1. The SMILES string of the molecule is Cc1cc(C(=O)Nc2nc3ccc(Oc4ccccc4)cc3s2)on1. The highest BCUT2D eigenvalue weighted by molar-refractivity contribution is 7.22. The van der Waals surface area contributed by atoms with Crippen molar-refractivity contribution in [3.8, 4) is 11.5 Å². The first-order chi connectivity index (χ1) is 12.2. The highest BCUT2D eigenvalue weighted by Gasteiger charge is 2.14. The summed E-state index contributed by atoms with van der Waals surface area (Å²) in [6.45, 7) is 1.76. The van der Waals surface area contributed by atoms with Crippen LogP contribution in [0.1, 0.15) is 16.2 Å². The van der Waals surface area contributed by atoms with Crippen LogP contribution >= 0.6 is 11.3 Å². The van der Waals surface area contributed by atoms with Crippen LogP contribution in [0.15, 0.2) is 59.1 Å². The zero-order valence-electron chi connectivity index (χ0n) is 13.2. The van der Waals surface area contributed by atoms with Gasteiger partial charge in [0.2, 0.25) is 5.76 Å². The summed E-state index contributed by atoms with van der Waals surface area (Å²) in [5, 5.41) is 6.92. The molecule has 4 rings (SSSR count). The number of nitrogens with one attached hydrogen (secondary N) is 1. The minimum absolute atomic E-state index is 0.157. The molecule has 6 nitrogen and oxygen atoms in total. The average molecular weight is 351 g/mol. The fraction of sp³-hybridized carbons (Fsp3) is 0.0556. The molecular weight excluding hydrogens is 338 g/mol. The molecule has 2 heterocycles. The lowest BCUT2D eigenvalue weighted by atomic mass is 10.3. The molecule has 2 aromatic carbocycles. The Morgan fingerprint density at radius 2 is 1.96 bits per heavy atom. The highest BCUT2D eigenvalue weighted by Crippen LogP contribution is 2.31. The average Bonchev–Trinajstić information content (AvgIpc) is 3.21. The van der Waals surface area contributed by atoms with E-state index in [9.17, 15) is 4.79 Å². The predicted molar refractivity (Wildman–Crippen MR) is 95.3 cm³/mol. The molecule has 0 aliphatic rings. The van der Waals surface area contributed by atoms with E-state index < -0.39 is 0 Å². The number of para-hydroxylation sites is 1. The lowest BCUT2D eigenvalue weighted by molar-refractivity contribution is 0.0988. The Kier molecular flexibility index (Phi) is 3.91. The number of nitrogens with zero attached hydrogens (tertiary/aromatic N) is 2. The van der Waals surface area contributed by atoms with Gasteiger partial charge in [-0.25, -0.2) is 4.98 Å². The standard InChI is InChI=1S/C18H13N3O3S/c1-11-9-15(24-21-11)17(22)20-18-19-14-8-7-13(10-16(14)25-18)23-12-5-3-2-4-6-12/h2-10H,1H3,(H,19,20,22). The van der Waals surface area contributed by atoms with Crippen LogP contribution in [0.25, 0.3) is 10.2 Å². The van der Waals surface area contributed by atoms with E-state index in [0.717, 1.165) is 16.0 Å². The Hall–Kier alpha value is -3.19. The molecule has 124 valence electrons. The van der Waals surface area contributed by atoms with Gasteiger partial charge in [0.1, 0.15) is 11.5 Å². The molecular formula is C18H13N3O3S. The largest absolute Gasteiger partial charge is 0.457 e. The van der Waals surface area contributed by atoms with Gasteiger partial charge >= 0.3 is 0 Å². The van der Waals surface area contributed by atoms with Gasteiger partial charge < -0.3 is 9.26 Å². The van der Waals surface area contributed by atoms with Gasteiger partial charge in [-0.05, 0) is 31.2 Å². The van der Waals surface area contributed by atoms with Gasteiger partial charge in [-0.2, -0.15) is 0 Å². The molecule has 0 saturated carbocycles. The Balaban J connectivity index is 1.55. The van der Waals surface area contributed by atoms with Crippen LogP contribution in [0.3, 0.4) is 0 Å². The molecule has 1 amide bonds. The maximum Gasteiger partial charge on any atom is 0.296 e. The second-order valence-electron chi connectivity index (χ2n) is 5.35. The summed E-state index contributed by atoms with van der Waals surface area (Å²) in [5.74, 6) is 1.26. The van der Waals surface area contributed by atoms with Crippen LogP contribution in [0.4, 0.5) is 5.13 Å². The number of anilines is 1. The number of ether oxygens (including phenoxy) is 1. The van der Waals surface area contributed by atoms with Gasteiger partial charge in [-0.1, -0.05) is 34.7 Å². The summed E-state index contributed by atoms with van der Waals surface area (Å²) in [5.41, 5.74) is 1.44. The van der Waals surface area contributed by atoms with Crippen molar-refractivity contribution >= 4 is 32.6 Å². The molecule has 0 aliphatic heterocycles. The zero-order valence-corrected chi connectivity index (χ0v) is 14.0. The first-order valence-electron chi connectivity index (χ1n) is 7.55. The smallest absolute Gasteiger partial charge is 0.296 e. The van der Waals surface area contributed by atoms with Crippen molar-refractivity contribution in [1.82, 2.24) is 10.1 Å². The Bertz CT molecular complexity index is 1040. The molecule has 0 fully saturated rings. The van der Waals surface area contributed by atoms with E-state index in [1.54, 1.807) is 13.0 Å². The molecule has 0 radical (unpaired) electrons. The quantitative estimate of drug-likeness (QED) is 0.580. The predicted octanol–water partition coefficient (Wildman–Crippen LogP) is 4.64. The molecule has 7 heteroatoms. The van der Waals surface area contributed by atoms with Crippen molar-refractivity contribution in [3.63, 3.8) is 0 Å². The molecule has 0 aliphatic carbocycles. The molecule has 0 bridgehead atoms. The minimum atomic E-state index is -0.375. The molecule has 25 heavy (non-hydrogen) atoms. The van der Waals surface area contributed by atoms with E-state index in [1.807, 2.05) is 48.5 Å². The van der Waals surface area contributed by atoms with Gasteiger partial charge in [0, 0.05) is 12.1 Å². The maximum absolute atomic E-state index is 12.1. The number of benzene rings is 2. The lowest BCUT2D eigenvalue weighted by Gasteiger charge is -2.04. The number of hydrogen-bond acceptors (Lipinski definition) is 6. The number of amides is 1. The van der Waals surface area contributed by atoms with Crippen LogP contribution in [0.2, 0.25) is 0 Å². The Morgan fingerprint density at radius 1 is 1.12 bits per heavy atom. The lowest BCUT2D eigenvalue weighted by Crippen LogP contribution is -2.10. The Morgan fingerprint density at radius 3 is 2.72 bits per heavy atom. The molecule has 0 unspecified atom stereocenters. The van der Waals surface area contributed by atoms with Crippen molar-refractivity contribution in [2.24, 2.45) is 0 Å². The maximum atomic E-state index is 12.1. The number of aromatic nitrogens is 2. The van der Waals surface area contributed by atoms with Crippen LogP contribution in [0.5, 0.6) is 11.5 Å². The van der Waals surface area contributed by atoms with Crippen LogP contribution in [-0.4, -0.2) is 16.0 Å². The number of fused-ring (bicyclic) bond motifs is 1. The third-order valence-corrected chi connectivity index (χ3v) is 4.34. The summed E-state index contributed by atoms with van der Waals surface area (Å²) in [6, 6.07) is 16.7. The summed E-state index contributed by atoms with van der Waals surface area (Å²) >= 11 is 1.37. The topological polar surface area (TPSA) is 77.2 Å². The first kappa shape index (κ1) is 15.3. The zero-order chi connectivity index (χ0) is 17.2. The molecule has 0 atom stereocenters. The van der Waals surface area contributed by atoms with Gasteiger partial charge in [0.05, 0.1) is 15.9 Å². The molecule has 0 saturated heterocycles. The van der Waals surface area contributed by atoms with Gasteiger partial charge in [0.15, 0.2) is 5.13 Å². The summed E-state index contributed by atoms with van der Waals surface area (Å²) < 4.78 is 11.7. The van der Waals surface area contributed by atoms with Crippen molar-refractivity contribution < 1.29 is 14.1 Å². The van der Waals surface area contributed by atoms with E-state index in [0.29, 0.717) is 16.6 Å². The third kappa shape index (κ3) is 3.36. The van der Waals surface area contributed by atoms with Crippen molar-refractivity contribution in [2.75, 3.05) is 5.32 Å². The molecule has 1 N–H and O–H groups in total. The number of thiazole rings is 1. The van der Waals surface area contributed by atoms with Crippen molar-refractivity contribution in [1.29, 1.82) is 0 Å². The monoisotopic (exact) mass is 351 g/mol. The number of carbonyl (C=O) groups is 1. The minimum Gasteiger partial charge on any atom is -0.457 e. The summed E-state index contributed by atoms with van der Waals surface area (Å²) in [4.78, 5) is 16.5. The molecule has 2 aromatic heterocycles. The normalized spacial score (nSPS) is 10.8. The van der Waals surface area contributed by atoms with Crippen LogP contribution in [0, 0.1) is 6.92 Å². The van der Waals surface area contributed by atoms with E-state index >= 15 is 0 Å². The summed E-state index contributed by atoms with van der Waals surface area (Å²) in [7, 11) is 0. The first-order valence-corrected chi connectivity index (χ1v) is 8.37. The third-order valence-electron chi connectivity index (χ3n) is 3.41. The second kappa shape index (κ2) is 6.37. The van der Waals surface area contributed by atoms with E-state index in [-0.39, 0.29) is 11.7 Å². The van der Waals surface area contributed by atoms with Crippen molar-refractivity contribution in [2.45, 2.75) is 6.92 Å². The van der Waals surface area contributed by atoms with E-state index in [1.165, 1.54) is 11.3 Å². The fourth-order valence-electron chi connectivity index (χ4n) is 2.28. The number of carbonyl (C=O) groups excluding carboxylic acids is 1. The second-order valence-corrected chi connectivity index (χ2v) is 6.38. The Labute approximate surface area is 147 Å². The van der Waals surface area contributed by atoms with Gasteiger partial charge in [0.25, 0.3) is 5.91 Å². The number of aryl methyl sites for hydroxylation is 1. The van der Waals surface area contributed by atoms with Gasteiger partial charge in [-0.3, -0.25) is 10.1 Å². The van der Waals surface area contributed by atoms with E-state index in [2.05, 4.69) is 15.5 Å². The highest BCUT2D eigenvalue weighted by atomic mass is 32.1. The molecule has 4 aromatic rings. The van der Waals surface area contributed by atoms with Crippen molar-refractivity contribution in [3.05, 3.63) is 66.1 Å². The van der Waals surface area contributed by atoms with Crippen LogP contribution < -0.4 is 10.1 Å². The fourth-order valence-corrected chi connectivity index (χ4v) is 3.17. The van der Waals surface area contributed by atoms with Crippen LogP contribution in [-0.2, 0) is 0 Å². The number of rotatable bonds is 4. The van der Waals surface area contributed by atoms with E-state index in [4.69, 9.17) is 9.26 Å². The summed E-state index contributed by atoms with van der Waals surface area (Å²) in [6.07, 6.45) is 0. The van der Waals surface area contributed by atoms with Gasteiger partial charge in [-0.15, -0.1) is 0 Å².